The van der Waals surface area contributed by atoms with Crippen molar-refractivity contribution in [2.24, 2.45) is 17.4 Å². The van der Waals surface area contributed by atoms with Crippen LogP contribution in [-0.2, 0) is 52.6 Å². The second-order valence-electron chi connectivity index (χ2n) is 25.6. The number of nitrogens with two attached hydrogens (primary N) is 2. The number of aromatic hydroxyl groups is 3. The summed E-state index contributed by atoms with van der Waals surface area (Å²) in [6.07, 6.45) is -18.2. The third kappa shape index (κ3) is 15.4. The Labute approximate surface area is 574 Å². The molecule has 21 N–H and O–H groups in total. The van der Waals surface area contributed by atoms with Gasteiger partial charge in [-0.3, -0.25) is 33.6 Å². The van der Waals surface area contributed by atoms with Gasteiger partial charge in [0.05, 0.1) is 36.3 Å². The van der Waals surface area contributed by atoms with E-state index in [-0.39, 0.29) is 52.0 Å². The summed E-state index contributed by atoms with van der Waals surface area (Å²) >= 11 is 7.06. The number of likely N-dealkylation sites (N-methyl/N-ethyl adjacent to an activating group) is 1. The van der Waals surface area contributed by atoms with Crippen LogP contribution in [0.2, 0.25) is 5.02 Å². The zero-order chi connectivity index (χ0) is 72.7. The van der Waals surface area contributed by atoms with Crippen molar-refractivity contribution in [3.63, 3.8) is 0 Å². The topological polar surface area (TPSA) is 530 Å². The van der Waals surface area contributed by atoms with Gasteiger partial charge in [-0.05, 0) is 110 Å². The summed E-state index contributed by atoms with van der Waals surface area (Å²) in [5.41, 5.74) is 8.26. The van der Waals surface area contributed by atoms with Crippen LogP contribution in [0.5, 0.6) is 46.0 Å². The van der Waals surface area contributed by atoms with Crippen molar-refractivity contribution >= 4 is 58.9 Å². The molecule has 12 rings (SSSR count). The molecule has 0 radical (unpaired) electrons. The van der Waals surface area contributed by atoms with Crippen LogP contribution in [0.15, 0.2) is 84.9 Å². The molecular weight excluding hydrogens is 1340 g/mol. The van der Waals surface area contributed by atoms with Crippen LogP contribution in [0.3, 0.4) is 0 Å². The highest BCUT2D eigenvalue weighted by atomic mass is 35.5. The van der Waals surface area contributed by atoms with Gasteiger partial charge < -0.3 is 128 Å². The van der Waals surface area contributed by atoms with Crippen molar-refractivity contribution in [2.75, 3.05) is 13.7 Å². The van der Waals surface area contributed by atoms with E-state index in [1.807, 2.05) is 13.8 Å². The summed E-state index contributed by atoms with van der Waals surface area (Å²) in [5, 5.41) is 131. The lowest BCUT2D eigenvalue weighted by Gasteiger charge is -2.47. The summed E-state index contributed by atoms with van der Waals surface area (Å²) in [6, 6.07) is 1.22. The van der Waals surface area contributed by atoms with E-state index in [1.54, 1.807) is 0 Å². The van der Waals surface area contributed by atoms with Crippen molar-refractivity contribution in [2.45, 2.75) is 156 Å². The summed E-state index contributed by atoms with van der Waals surface area (Å²) in [5.74, 6) is -15.4. The van der Waals surface area contributed by atoms with Crippen molar-refractivity contribution in [3.8, 4) is 57.1 Å². The number of hydrogen-bond donors (Lipinski definition) is 19. The summed E-state index contributed by atoms with van der Waals surface area (Å²) in [4.78, 5) is 117. The standard InChI is InChI=1S/C66H76ClN9O24/c1-24(2)14-35(70-5)58(87)75-50-52(83)28-9-13-39(34(67)16-28)97-41-18-29-17-40(55(41)100-65-56(54(85)53(84)42(23-77)98-65)99-44-22-66(4,69)57(86)25(3)95-44)96-31-10-6-26(7-11-31)51(82)49-63(92)74-48(64(93)94)33-19-30(78)20-38(80)45(33)32-15-27(8-12-37(32)79)46(60(89)76-49)73-61(90)47(29)72-59(88)36(21-43(68)81)71-62(50)91/h6-13,15-20,24-25,35-36,42,44,46-54,56-57,65,70,77-80,82-86H,14,21-23,69H2,1-5H3,(H2,68,81)(H,71,91)(H,72,88)(H,73,90)(H,74,92)(H,75,87)(H,76,89)(H,93,94)/t25-,35+,36-,42+,44+,46+,47-,48-,49-,50+,51+,52+,53+,54+,56-,57-,65-,66-/m0/s1. The van der Waals surface area contributed by atoms with Crippen molar-refractivity contribution in [3.05, 3.63) is 118 Å². The molecule has 2 fully saturated rings. The first-order valence-corrected chi connectivity index (χ1v) is 31.9. The van der Waals surface area contributed by atoms with Crippen LogP contribution in [0.25, 0.3) is 11.1 Å². The summed E-state index contributed by atoms with van der Waals surface area (Å²) in [7, 11) is 1.48. The van der Waals surface area contributed by atoms with Crippen LogP contribution in [0.1, 0.15) is 105 Å². The molecule has 0 aromatic heterocycles. The van der Waals surface area contributed by atoms with E-state index < -0.39 is 226 Å². The minimum Gasteiger partial charge on any atom is -0.508 e. The number of amides is 7. The van der Waals surface area contributed by atoms with Crippen LogP contribution in [0, 0.1) is 5.92 Å². The Morgan fingerprint density at radius 2 is 1.38 bits per heavy atom. The number of halogens is 1. The van der Waals surface area contributed by atoms with E-state index in [1.165, 1.54) is 57.3 Å². The molecule has 5 aromatic rings. The summed E-state index contributed by atoms with van der Waals surface area (Å²) in [6.45, 7) is 5.70. The van der Waals surface area contributed by atoms with Gasteiger partial charge in [0, 0.05) is 34.7 Å². The largest absolute Gasteiger partial charge is 0.508 e. The Hall–Kier alpha value is -9.49. The highest BCUT2D eigenvalue weighted by Crippen LogP contribution is 2.49. The number of hydrogen-bond acceptors (Lipinski definition) is 25. The molecule has 7 amide bonds. The highest BCUT2D eigenvalue weighted by molar-refractivity contribution is 6.32. The molecule has 2 saturated heterocycles. The molecule has 0 aliphatic carbocycles. The van der Waals surface area contributed by atoms with E-state index in [9.17, 15) is 75.0 Å². The Balaban J connectivity index is 1.23. The molecule has 7 aliphatic rings. The van der Waals surface area contributed by atoms with Gasteiger partial charge in [0.25, 0.3) is 0 Å². The summed E-state index contributed by atoms with van der Waals surface area (Å²) < 4.78 is 38.3. The van der Waals surface area contributed by atoms with Crippen LogP contribution in [-0.4, -0.2) is 191 Å². The number of phenolic OH excluding ortho intramolecular Hbond substituents is 3. The lowest BCUT2D eigenvalue weighted by atomic mass is 9.86. The number of rotatable bonds is 13. The van der Waals surface area contributed by atoms with Gasteiger partial charge in [-0.15, -0.1) is 0 Å². The van der Waals surface area contributed by atoms with Gasteiger partial charge in [0.15, 0.2) is 29.9 Å². The number of carbonyl (C=O) groups is 8. The molecule has 0 spiro atoms. The fourth-order valence-electron chi connectivity index (χ4n) is 12.5. The molecule has 5 aromatic carbocycles. The van der Waals surface area contributed by atoms with Gasteiger partial charge in [0.1, 0.15) is 89.5 Å². The fourth-order valence-corrected chi connectivity index (χ4v) is 12.7. The Bertz CT molecular complexity index is 4000. The first-order valence-electron chi connectivity index (χ1n) is 31.5. The first-order chi connectivity index (χ1) is 47.2. The number of aliphatic hydroxyl groups excluding tert-OH is 6. The number of phenols is 3. The maximum Gasteiger partial charge on any atom is 0.330 e. The van der Waals surface area contributed by atoms with Crippen LogP contribution in [0.4, 0.5) is 0 Å². The van der Waals surface area contributed by atoms with Gasteiger partial charge in [-0.1, -0.05) is 49.7 Å². The average Bonchev–Trinajstić information content (AvgIpc) is 0.772. The van der Waals surface area contributed by atoms with E-state index in [2.05, 4.69) is 37.2 Å². The van der Waals surface area contributed by atoms with Crippen molar-refractivity contribution < 1.29 is 118 Å². The maximum atomic E-state index is 16.0. The molecule has 7 aliphatic heterocycles. The van der Waals surface area contributed by atoms with Gasteiger partial charge in [0.2, 0.25) is 53.4 Å². The predicted octanol–water partition coefficient (Wildman–Crippen LogP) is -0.547. The molecule has 100 heavy (non-hydrogen) atoms. The van der Waals surface area contributed by atoms with E-state index in [4.69, 9.17) is 51.5 Å². The highest BCUT2D eigenvalue weighted by Gasteiger charge is 2.51. The minimum atomic E-state index is -2.31. The number of carboxylic acid groups (broad SMARTS) is 1. The molecule has 34 heteroatoms. The molecular formula is C66H76ClN9O24. The number of fused-ring (bicyclic) bond motifs is 15. The minimum absolute atomic E-state index is 0.0909. The normalized spacial score (nSPS) is 29.6. The van der Waals surface area contributed by atoms with Gasteiger partial charge in [-0.2, -0.15) is 0 Å². The molecule has 536 valence electrons. The SMILES string of the molecule is CN[C@H](CC(C)C)C(=O)N[C@H]1C(=O)N[C@@H](CC(N)=O)C(=O)N[C@@H]2C(=O)N[C@H]3C(=O)N[C@H](C(=O)N[C@H](C(=O)O)c4cc(O)cc(O)c4-c4cc3ccc4O)[C@H](O)c3ccc(cc3)Oc3cc2cc(c3O[C@@H]2O[C@H](CO)[C@@H](O)[C@@H](O)[C@@H]2O[C@@H]2C[C@](C)(N)[C@@H](O)[C@H](C)O2)Oc2ccc(cc2Cl)[C@H]1O. The van der Waals surface area contributed by atoms with E-state index >= 15 is 14.4 Å². The second kappa shape index (κ2) is 29.8. The zero-order valence-corrected chi connectivity index (χ0v) is 54.8. The third-order valence-corrected chi connectivity index (χ3v) is 18.0. The number of carbonyl (C=O) groups excluding carboxylic acids is 7. The number of carboxylic acids is 1. The molecule has 0 saturated carbocycles. The Morgan fingerprint density at radius 3 is 2.02 bits per heavy atom. The van der Waals surface area contributed by atoms with Crippen LogP contribution >= 0.6 is 11.6 Å². The second-order valence-corrected chi connectivity index (χ2v) is 26.0. The number of aliphatic hydroxyl groups is 6. The van der Waals surface area contributed by atoms with Gasteiger partial charge >= 0.3 is 5.97 Å². The smallest absolute Gasteiger partial charge is 0.330 e. The number of ether oxygens (including phenoxy) is 6. The number of aliphatic carboxylic acids is 1. The Morgan fingerprint density at radius 1 is 0.730 bits per heavy atom. The Kier molecular flexibility index (Phi) is 21.8. The quantitative estimate of drug-likeness (QED) is 0.0703. The molecule has 18 atom stereocenters. The molecule has 0 unspecified atom stereocenters. The zero-order valence-electron chi connectivity index (χ0n) is 54.0. The first kappa shape index (κ1) is 73.2. The number of benzene rings is 5. The maximum absolute atomic E-state index is 16.0. The monoisotopic (exact) mass is 1410 g/mol. The molecule has 7 heterocycles. The number of nitrogens with one attached hydrogen (secondary N) is 7. The fraction of sp³-hybridized carbons (Fsp3) is 0.424. The predicted molar refractivity (Wildman–Crippen MR) is 344 cm³/mol. The lowest BCUT2D eigenvalue weighted by molar-refractivity contribution is -0.333. The van der Waals surface area contributed by atoms with Crippen molar-refractivity contribution in [1.29, 1.82) is 0 Å². The number of primary amides is 1. The molecule has 33 nitrogen and oxygen atoms in total. The third-order valence-electron chi connectivity index (χ3n) is 17.7. The van der Waals surface area contributed by atoms with E-state index in [0.29, 0.717) is 0 Å². The van der Waals surface area contributed by atoms with Crippen molar-refractivity contribution in [1.82, 2.24) is 37.2 Å². The van der Waals surface area contributed by atoms with E-state index in [0.717, 1.165) is 48.5 Å². The lowest BCUT2D eigenvalue weighted by Crippen LogP contribution is -2.64. The van der Waals surface area contributed by atoms with Crippen LogP contribution < -0.4 is 62.9 Å². The van der Waals surface area contributed by atoms with Gasteiger partial charge in [-0.25, -0.2) is 4.79 Å². The molecule has 11 bridgehead atoms. The average molecular weight is 1410 g/mol.